The van der Waals surface area contributed by atoms with Crippen LogP contribution in [0.1, 0.15) is 10.4 Å². The van der Waals surface area contributed by atoms with Gasteiger partial charge in [-0.1, -0.05) is 51.8 Å². The number of rotatable bonds is 4. The zero-order valence-corrected chi connectivity index (χ0v) is 19.1. The van der Waals surface area contributed by atoms with E-state index in [1.807, 2.05) is 36.4 Å². The molecule has 0 atom stereocenters. The summed E-state index contributed by atoms with van der Waals surface area (Å²) in [6, 6.07) is 20.6. The fourth-order valence-corrected chi connectivity index (χ4v) is 4.34. The van der Waals surface area contributed by atoms with Crippen LogP contribution in [-0.4, -0.2) is 15.8 Å². The van der Waals surface area contributed by atoms with Crippen molar-refractivity contribution >= 4 is 66.7 Å². The number of benzene rings is 4. The van der Waals surface area contributed by atoms with E-state index in [4.69, 9.17) is 16.0 Å². The predicted molar refractivity (Wildman–Crippen MR) is 131 cm³/mol. The first-order valence-corrected chi connectivity index (χ1v) is 10.9. The van der Waals surface area contributed by atoms with E-state index in [-0.39, 0.29) is 16.3 Å². The SMILES string of the molecule is O=C(Nc1ccc2oc(-c3cccc4c(Br)cccc34)nc2c1)c1ccc([N+](=O)[O-])cc1Cl. The Morgan fingerprint density at radius 1 is 1.03 bits per heavy atom. The molecule has 33 heavy (non-hydrogen) atoms. The Morgan fingerprint density at radius 2 is 1.82 bits per heavy atom. The quantitative estimate of drug-likeness (QED) is 0.198. The average Bonchev–Trinajstić information content (AvgIpc) is 3.22. The van der Waals surface area contributed by atoms with Gasteiger partial charge in [0.2, 0.25) is 5.89 Å². The molecule has 5 rings (SSSR count). The lowest BCUT2D eigenvalue weighted by molar-refractivity contribution is -0.384. The monoisotopic (exact) mass is 521 g/mol. The third kappa shape index (κ3) is 3.94. The molecule has 0 saturated carbocycles. The summed E-state index contributed by atoms with van der Waals surface area (Å²) >= 11 is 9.64. The molecule has 0 aliphatic carbocycles. The molecule has 0 saturated heterocycles. The Hall–Kier alpha value is -3.75. The zero-order chi connectivity index (χ0) is 23.1. The smallest absolute Gasteiger partial charge is 0.270 e. The summed E-state index contributed by atoms with van der Waals surface area (Å²) in [6.07, 6.45) is 0. The molecule has 1 N–H and O–H groups in total. The maximum absolute atomic E-state index is 12.6. The molecule has 4 aromatic carbocycles. The number of halogens is 2. The topological polar surface area (TPSA) is 98.3 Å². The Morgan fingerprint density at radius 3 is 2.61 bits per heavy atom. The number of anilines is 1. The number of carbonyl (C=O) groups excluding carboxylic acids is 1. The van der Waals surface area contributed by atoms with E-state index in [9.17, 15) is 14.9 Å². The maximum atomic E-state index is 12.6. The van der Waals surface area contributed by atoms with E-state index in [0.29, 0.717) is 22.7 Å². The van der Waals surface area contributed by atoms with E-state index in [1.54, 1.807) is 18.2 Å². The zero-order valence-electron chi connectivity index (χ0n) is 16.7. The van der Waals surface area contributed by atoms with Crippen LogP contribution in [0.15, 0.2) is 81.7 Å². The Labute approximate surface area is 200 Å². The number of nitro benzene ring substituents is 1. The summed E-state index contributed by atoms with van der Waals surface area (Å²) in [5.74, 6) is -0.0209. The number of hydrogen-bond donors (Lipinski definition) is 1. The molecule has 0 aliphatic heterocycles. The highest BCUT2D eigenvalue weighted by atomic mass is 79.9. The van der Waals surface area contributed by atoms with Crippen molar-refractivity contribution < 1.29 is 14.1 Å². The third-order valence-corrected chi connectivity index (χ3v) is 6.16. The van der Waals surface area contributed by atoms with Crippen molar-refractivity contribution in [2.75, 3.05) is 5.32 Å². The number of fused-ring (bicyclic) bond motifs is 2. The molecule has 9 heteroatoms. The van der Waals surface area contributed by atoms with Gasteiger partial charge in [0.15, 0.2) is 5.58 Å². The van der Waals surface area contributed by atoms with Crippen LogP contribution in [0, 0.1) is 10.1 Å². The summed E-state index contributed by atoms with van der Waals surface area (Å²) in [6.45, 7) is 0. The first-order chi connectivity index (χ1) is 15.9. The van der Waals surface area contributed by atoms with Gasteiger partial charge < -0.3 is 9.73 Å². The number of nitrogens with zero attached hydrogens (tertiary/aromatic N) is 2. The fourth-order valence-electron chi connectivity index (χ4n) is 3.58. The van der Waals surface area contributed by atoms with Crippen LogP contribution < -0.4 is 5.32 Å². The highest BCUT2D eigenvalue weighted by Crippen LogP contribution is 2.34. The molecule has 5 aromatic rings. The van der Waals surface area contributed by atoms with E-state index in [0.717, 1.165) is 26.9 Å². The molecule has 1 heterocycles. The summed E-state index contributed by atoms with van der Waals surface area (Å²) in [5, 5.41) is 15.7. The fraction of sp³-hybridized carbons (Fsp3) is 0. The Balaban J connectivity index is 1.47. The third-order valence-electron chi connectivity index (χ3n) is 5.15. The molecule has 162 valence electrons. The van der Waals surface area contributed by atoms with Crippen LogP contribution in [0.4, 0.5) is 11.4 Å². The van der Waals surface area contributed by atoms with Crippen molar-refractivity contribution in [2.24, 2.45) is 0 Å². The highest BCUT2D eigenvalue weighted by Gasteiger charge is 2.17. The number of carbonyl (C=O) groups is 1. The van der Waals surface area contributed by atoms with Gasteiger partial charge in [0.1, 0.15) is 5.52 Å². The number of hydrogen-bond acceptors (Lipinski definition) is 5. The minimum atomic E-state index is -0.571. The lowest BCUT2D eigenvalue weighted by atomic mass is 10.0. The first-order valence-electron chi connectivity index (χ1n) is 9.74. The molecule has 0 spiro atoms. The predicted octanol–water partition coefficient (Wildman–Crippen LogP) is 7.22. The summed E-state index contributed by atoms with van der Waals surface area (Å²) in [4.78, 5) is 27.6. The van der Waals surface area contributed by atoms with Crippen molar-refractivity contribution in [3.8, 4) is 11.5 Å². The van der Waals surface area contributed by atoms with Gasteiger partial charge in [-0.3, -0.25) is 14.9 Å². The number of aromatic nitrogens is 1. The van der Waals surface area contributed by atoms with Gasteiger partial charge in [0, 0.05) is 27.9 Å². The largest absolute Gasteiger partial charge is 0.436 e. The Bertz CT molecular complexity index is 1580. The second-order valence-electron chi connectivity index (χ2n) is 7.22. The van der Waals surface area contributed by atoms with Gasteiger partial charge >= 0.3 is 0 Å². The number of oxazole rings is 1. The van der Waals surface area contributed by atoms with Gasteiger partial charge in [0.25, 0.3) is 11.6 Å². The summed E-state index contributed by atoms with van der Waals surface area (Å²) in [7, 11) is 0. The Kier molecular flexibility index (Phi) is 5.32. The van der Waals surface area contributed by atoms with Gasteiger partial charge in [0.05, 0.1) is 15.5 Å². The molecule has 0 bridgehead atoms. The normalized spacial score (nSPS) is 11.1. The average molecular weight is 523 g/mol. The molecule has 0 aliphatic rings. The van der Waals surface area contributed by atoms with E-state index >= 15 is 0 Å². The van der Waals surface area contributed by atoms with Crippen LogP contribution in [0.2, 0.25) is 5.02 Å². The van der Waals surface area contributed by atoms with Crippen LogP contribution in [-0.2, 0) is 0 Å². The number of non-ortho nitro benzene ring substituents is 1. The molecule has 0 fully saturated rings. The highest BCUT2D eigenvalue weighted by molar-refractivity contribution is 9.10. The van der Waals surface area contributed by atoms with Crippen molar-refractivity contribution in [1.29, 1.82) is 0 Å². The molecular weight excluding hydrogens is 510 g/mol. The molecular formula is C24H13BrClN3O4. The summed E-state index contributed by atoms with van der Waals surface area (Å²) < 4.78 is 6.96. The first kappa shape index (κ1) is 21.1. The lowest BCUT2D eigenvalue weighted by Crippen LogP contribution is -2.12. The second-order valence-corrected chi connectivity index (χ2v) is 8.48. The van der Waals surface area contributed by atoms with E-state index in [1.165, 1.54) is 12.1 Å². The van der Waals surface area contributed by atoms with Crippen molar-refractivity contribution in [2.45, 2.75) is 0 Å². The molecule has 1 aromatic heterocycles. The molecule has 1 amide bonds. The number of nitro groups is 1. The molecule has 0 radical (unpaired) electrons. The van der Waals surface area contributed by atoms with Crippen molar-refractivity contribution in [3.63, 3.8) is 0 Å². The van der Waals surface area contributed by atoms with Crippen LogP contribution in [0.25, 0.3) is 33.3 Å². The van der Waals surface area contributed by atoms with Crippen LogP contribution in [0.3, 0.4) is 0 Å². The standard InChI is InChI=1S/C24H13BrClN3O4/c25-19-6-2-3-15-16(19)4-1-5-17(15)24-28-21-11-13(7-10-22(21)33-24)27-23(30)18-9-8-14(29(31)32)12-20(18)26/h1-12H,(H,27,30). The van der Waals surface area contributed by atoms with Crippen LogP contribution in [0.5, 0.6) is 0 Å². The number of nitrogens with one attached hydrogen (secondary N) is 1. The van der Waals surface area contributed by atoms with Crippen molar-refractivity contribution in [1.82, 2.24) is 4.98 Å². The van der Waals surface area contributed by atoms with E-state index in [2.05, 4.69) is 26.2 Å². The van der Waals surface area contributed by atoms with Gasteiger partial charge in [-0.2, -0.15) is 0 Å². The molecule has 0 unspecified atom stereocenters. The maximum Gasteiger partial charge on any atom is 0.270 e. The van der Waals surface area contributed by atoms with E-state index < -0.39 is 10.8 Å². The van der Waals surface area contributed by atoms with Crippen LogP contribution >= 0.6 is 27.5 Å². The lowest BCUT2D eigenvalue weighted by Gasteiger charge is -2.06. The number of amides is 1. The van der Waals surface area contributed by atoms with Gasteiger partial charge in [-0.25, -0.2) is 4.98 Å². The van der Waals surface area contributed by atoms with Gasteiger partial charge in [-0.05, 0) is 47.2 Å². The van der Waals surface area contributed by atoms with Crippen molar-refractivity contribution in [3.05, 3.63) is 98.0 Å². The minimum absolute atomic E-state index is 0.00591. The molecule has 7 nitrogen and oxygen atoms in total. The van der Waals surface area contributed by atoms with Gasteiger partial charge in [-0.15, -0.1) is 0 Å². The minimum Gasteiger partial charge on any atom is -0.436 e. The second kappa shape index (κ2) is 8.31. The summed E-state index contributed by atoms with van der Waals surface area (Å²) in [5.41, 5.74) is 2.43.